The molecule has 0 aromatic heterocycles. The number of rotatable bonds is 9. The number of fused-ring (bicyclic) bond motifs is 1. The van der Waals surface area contributed by atoms with Crippen molar-refractivity contribution in [2.75, 3.05) is 13.7 Å². The third-order valence-corrected chi connectivity index (χ3v) is 6.67. The SMILES string of the molecule is COc1cc(C2C(C#N)=C(N)Oc3cc(OC(=O)COc4ccccc4Cl)ccc32)ccc1OCc1ccccc1. The minimum Gasteiger partial charge on any atom is -0.493 e. The molecule has 0 saturated carbocycles. The van der Waals surface area contributed by atoms with Gasteiger partial charge in [-0.3, -0.25) is 0 Å². The number of benzene rings is 4. The van der Waals surface area contributed by atoms with Crippen molar-refractivity contribution in [1.82, 2.24) is 0 Å². The lowest BCUT2D eigenvalue weighted by molar-refractivity contribution is -0.136. The molecule has 0 radical (unpaired) electrons. The predicted molar refractivity (Wildman–Crippen MR) is 152 cm³/mol. The lowest BCUT2D eigenvalue weighted by Gasteiger charge is -2.27. The molecule has 1 heterocycles. The second kappa shape index (κ2) is 12.4. The summed E-state index contributed by atoms with van der Waals surface area (Å²) in [5.74, 6) is 0.798. The molecule has 0 bridgehead atoms. The molecule has 5 rings (SSSR count). The molecule has 1 aliphatic heterocycles. The van der Waals surface area contributed by atoms with Crippen LogP contribution in [-0.4, -0.2) is 19.7 Å². The van der Waals surface area contributed by atoms with Crippen LogP contribution >= 0.6 is 11.6 Å². The summed E-state index contributed by atoms with van der Waals surface area (Å²) >= 11 is 6.07. The zero-order chi connectivity index (χ0) is 28.8. The van der Waals surface area contributed by atoms with Crippen LogP contribution in [0.2, 0.25) is 5.02 Å². The lowest BCUT2D eigenvalue weighted by Crippen LogP contribution is -2.22. The number of ether oxygens (including phenoxy) is 5. The summed E-state index contributed by atoms with van der Waals surface area (Å²) in [6.45, 7) is 0.0290. The van der Waals surface area contributed by atoms with Crippen LogP contribution in [0.25, 0.3) is 0 Å². The van der Waals surface area contributed by atoms with E-state index in [1.807, 2.05) is 42.5 Å². The fourth-order valence-electron chi connectivity index (χ4n) is 4.42. The Hall–Kier alpha value is -5.13. The van der Waals surface area contributed by atoms with Gasteiger partial charge in [0.25, 0.3) is 0 Å². The van der Waals surface area contributed by atoms with Gasteiger partial charge in [0.15, 0.2) is 18.1 Å². The van der Waals surface area contributed by atoms with Crippen molar-refractivity contribution in [1.29, 1.82) is 5.26 Å². The van der Waals surface area contributed by atoms with Crippen LogP contribution in [0.4, 0.5) is 0 Å². The minimum absolute atomic E-state index is 0.0427. The molecule has 1 aliphatic rings. The Morgan fingerprint density at radius 3 is 2.49 bits per heavy atom. The van der Waals surface area contributed by atoms with Crippen LogP contribution in [0.3, 0.4) is 0 Å². The fourth-order valence-corrected chi connectivity index (χ4v) is 4.61. The number of para-hydroxylation sites is 1. The van der Waals surface area contributed by atoms with E-state index in [1.54, 1.807) is 55.6 Å². The van der Waals surface area contributed by atoms with Gasteiger partial charge in [0.2, 0.25) is 5.88 Å². The second-order valence-electron chi connectivity index (χ2n) is 9.00. The zero-order valence-corrected chi connectivity index (χ0v) is 22.8. The van der Waals surface area contributed by atoms with E-state index < -0.39 is 11.9 Å². The molecule has 1 unspecified atom stereocenters. The third kappa shape index (κ3) is 6.21. The number of hydrogen-bond acceptors (Lipinski definition) is 8. The number of carbonyl (C=O) groups is 1. The van der Waals surface area contributed by atoms with Crippen molar-refractivity contribution in [3.8, 4) is 34.8 Å². The summed E-state index contributed by atoms with van der Waals surface area (Å²) in [5, 5.41) is 10.3. The first-order valence-corrected chi connectivity index (χ1v) is 13.0. The summed E-state index contributed by atoms with van der Waals surface area (Å²) in [7, 11) is 1.55. The van der Waals surface area contributed by atoms with Gasteiger partial charge in [0.1, 0.15) is 35.5 Å². The van der Waals surface area contributed by atoms with E-state index in [4.69, 9.17) is 41.0 Å². The van der Waals surface area contributed by atoms with Gasteiger partial charge in [0.05, 0.1) is 18.1 Å². The molecular weight excluding hydrogens is 544 g/mol. The molecule has 0 amide bonds. The highest BCUT2D eigenvalue weighted by Crippen LogP contribution is 2.45. The number of halogens is 1. The van der Waals surface area contributed by atoms with Crippen molar-refractivity contribution >= 4 is 17.6 Å². The third-order valence-electron chi connectivity index (χ3n) is 6.36. The Kier molecular flexibility index (Phi) is 8.28. The standard InChI is InChI=1S/C32H25ClN2O6/c1-37-29-15-21(11-14-27(29)38-18-20-7-3-2-4-8-20)31-23-13-12-22(16-28(23)41-32(35)24(31)17-34)40-30(36)19-39-26-10-6-5-9-25(26)33/h2-16,31H,18-19,35H2,1H3. The van der Waals surface area contributed by atoms with Crippen molar-refractivity contribution in [2.45, 2.75) is 12.5 Å². The van der Waals surface area contributed by atoms with Gasteiger partial charge in [-0.2, -0.15) is 5.26 Å². The molecule has 1 atom stereocenters. The topological polar surface area (TPSA) is 113 Å². The highest BCUT2D eigenvalue weighted by atomic mass is 35.5. The molecule has 8 nitrogen and oxygen atoms in total. The number of methoxy groups -OCH3 is 1. The summed E-state index contributed by atoms with van der Waals surface area (Å²) in [6, 6.07) is 29.1. The number of carbonyl (C=O) groups excluding carboxylic acids is 1. The van der Waals surface area contributed by atoms with Crippen LogP contribution in [0.1, 0.15) is 22.6 Å². The van der Waals surface area contributed by atoms with Gasteiger partial charge in [0, 0.05) is 11.6 Å². The van der Waals surface area contributed by atoms with Crippen LogP contribution in [0, 0.1) is 11.3 Å². The van der Waals surface area contributed by atoms with Crippen LogP contribution < -0.4 is 29.4 Å². The molecule has 0 spiro atoms. The predicted octanol–water partition coefficient (Wildman–Crippen LogP) is 6.13. The van der Waals surface area contributed by atoms with Gasteiger partial charge in [-0.1, -0.05) is 66.2 Å². The maximum atomic E-state index is 12.4. The van der Waals surface area contributed by atoms with Crippen molar-refractivity contribution < 1.29 is 28.5 Å². The van der Waals surface area contributed by atoms with E-state index in [-0.39, 0.29) is 23.8 Å². The Bertz CT molecular complexity index is 1650. The monoisotopic (exact) mass is 568 g/mol. The number of hydrogen-bond donors (Lipinski definition) is 1. The fraction of sp³-hybridized carbons (Fsp3) is 0.125. The Morgan fingerprint density at radius 2 is 1.73 bits per heavy atom. The van der Waals surface area contributed by atoms with Gasteiger partial charge in [-0.25, -0.2) is 4.79 Å². The van der Waals surface area contributed by atoms with Crippen LogP contribution in [0.15, 0.2) is 102 Å². The quantitative estimate of drug-likeness (QED) is 0.189. The van der Waals surface area contributed by atoms with Crippen molar-refractivity contribution in [2.24, 2.45) is 5.73 Å². The summed E-state index contributed by atoms with van der Waals surface area (Å²) in [4.78, 5) is 12.4. The molecule has 0 saturated heterocycles. The second-order valence-corrected chi connectivity index (χ2v) is 9.41. The van der Waals surface area contributed by atoms with E-state index in [2.05, 4.69) is 6.07 Å². The summed E-state index contributed by atoms with van der Waals surface area (Å²) in [6.07, 6.45) is 0. The van der Waals surface area contributed by atoms with E-state index in [0.29, 0.717) is 40.2 Å². The molecule has 206 valence electrons. The first kappa shape index (κ1) is 27.4. The molecule has 41 heavy (non-hydrogen) atoms. The summed E-state index contributed by atoms with van der Waals surface area (Å²) in [5.41, 5.74) is 8.84. The maximum absolute atomic E-state index is 12.4. The molecular formula is C32H25ClN2O6. The highest BCUT2D eigenvalue weighted by Gasteiger charge is 2.32. The molecule has 0 aliphatic carbocycles. The van der Waals surface area contributed by atoms with Gasteiger partial charge >= 0.3 is 5.97 Å². The average Bonchev–Trinajstić information content (AvgIpc) is 2.99. The first-order valence-electron chi connectivity index (χ1n) is 12.6. The number of esters is 1. The Morgan fingerprint density at radius 1 is 0.951 bits per heavy atom. The number of nitrogens with zero attached hydrogens (tertiary/aromatic N) is 1. The Labute approximate surface area is 242 Å². The van der Waals surface area contributed by atoms with E-state index in [9.17, 15) is 10.1 Å². The van der Waals surface area contributed by atoms with Gasteiger partial charge in [-0.15, -0.1) is 0 Å². The lowest BCUT2D eigenvalue weighted by atomic mass is 9.83. The molecule has 4 aromatic rings. The Balaban J connectivity index is 1.36. The molecule has 4 aromatic carbocycles. The van der Waals surface area contributed by atoms with E-state index in [0.717, 1.165) is 11.1 Å². The van der Waals surface area contributed by atoms with Crippen LogP contribution in [-0.2, 0) is 11.4 Å². The average molecular weight is 569 g/mol. The highest BCUT2D eigenvalue weighted by molar-refractivity contribution is 6.32. The minimum atomic E-state index is -0.630. The van der Waals surface area contributed by atoms with Crippen LogP contribution in [0.5, 0.6) is 28.7 Å². The molecule has 2 N–H and O–H groups in total. The van der Waals surface area contributed by atoms with Crippen molar-refractivity contribution in [3.63, 3.8) is 0 Å². The maximum Gasteiger partial charge on any atom is 0.349 e. The molecule has 9 heteroatoms. The summed E-state index contributed by atoms with van der Waals surface area (Å²) < 4.78 is 28.3. The zero-order valence-electron chi connectivity index (χ0n) is 22.0. The smallest absolute Gasteiger partial charge is 0.349 e. The normalized spacial score (nSPS) is 13.8. The first-order chi connectivity index (χ1) is 20.0. The van der Waals surface area contributed by atoms with E-state index in [1.165, 1.54) is 0 Å². The number of nitrogens with two attached hydrogens (primary N) is 1. The largest absolute Gasteiger partial charge is 0.493 e. The van der Waals surface area contributed by atoms with E-state index >= 15 is 0 Å². The molecule has 0 fully saturated rings. The van der Waals surface area contributed by atoms with Gasteiger partial charge in [-0.05, 0) is 41.5 Å². The number of allylic oxidation sites excluding steroid dienone is 1. The van der Waals surface area contributed by atoms with Crippen molar-refractivity contribution in [3.05, 3.63) is 124 Å². The number of nitriles is 1. The van der Waals surface area contributed by atoms with Gasteiger partial charge < -0.3 is 29.4 Å².